The normalized spacial score (nSPS) is 11.7. The summed E-state index contributed by atoms with van der Waals surface area (Å²) in [5, 5.41) is 0.942. The highest BCUT2D eigenvalue weighted by Crippen LogP contribution is 2.35. The molecule has 0 atom stereocenters. The fourth-order valence-electron chi connectivity index (χ4n) is 3.64. The Balaban J connectivity index is 2.09. The molecular weight excluding hydrogens is 476 g/mol. The van der Waals surface area contributed by atoms with Crippen LogP contribution >= 0.6 is 23.2 Å². The standard InChI is InChI=1S/C24H17Cl2F3N2O2/c1-33-14-21-22(15-3-2-4-16(13-15)24(27,28)29)31(20-11-7-18(26)8-12-20)23(32)30(21)19-9-5-17(25)6-10-19/h2-13H,14H2,1H3. The van der Waals surface area contributed by atoms with Crippen molar-refractivity contribution in [1.29, 1.82) is 0 Å². The number of halogens is 5. The molecule has 0 aliphatic rings. The van der Waals surface area contributed by atoms with Crippen molar-refractivity contribution in [2.24, 2.45) is 0 Å². The molecule has 4 nitrogen and oxygen atoms in total. The summed E-state index contributed by atoms with van der Waals surface area (Å²) in [7, 11) is 1.45. The minimum atomic E-state index is -4.54. The first kappa shape index (κ1) is 23.2. The molecule has 0 fully saturated rings. The van der Waals surface area contributed by atoms with Crippen LogP contribution in [0.5, 0.6) is 0 Å². The summed E-state index contributed by atoms with van der Waals surface area (Å²) in [4.78, 5) is 13.7. The van der Waals surface area contributed by atoms with E-state index in [0.717, 1.165) is 12.1 Å². The van der Waals surface area contributed by atoms with Gasteiger partial charge in [-0.3, -0.25) is 9.13 Å². The zero-order valence-electron chi connectivity index (χ0n) is 17.2. The minimum Gasteiger partial charge on any atom is -0.378 e. The number of hydrogen-bond acceptors (Lipinski definition) is 2. The number of benzene rings is 3. The van der Waals surface area contributed by atoms with Crippen LogP contribution in [0.25, 0.3) is 22.6 Å². The van der Waals surface area contributed by atoms with Gasteiger partial charge in [0.25, 0.3) is 0 Å². The summed E-state index contributed by atoms with van der Waals surface area (Å²) in [5.74, 6) is 0. The van der Waals surface area contributed by atoms with Crippen molar-refractivity contribution in [3.8, 4) is 22.6 Å². The molecule has 3 aromatic carbocycles. The topological polar surface area (TPSA) is 36.2 Å². The van der Waals surface area contributed by atoms with Gasteiger partial charge >= 0.3 is 11.9 Å². The molecule has 4 rings (SSSR count). The highest BCUT2D eigenvalue weighted by molar-refractivity contribution is 6.30. The first-order chi connectivity index (χ1) is 15.7. The predicted octanol–water partition coefficient (Wildman–Crippen LogP) is 6.77. The second-order valence-electron chi connectivity index (χ2n) is 7.21. The van der Waals surface area contributed by atoms with Gasteiger partial charge in [0.1, 0.15) is 0 Å². The molecule has 0 radical (unpaired) electrons. The van der Waals surface area contributed by atoms with Gasteiger partial charge in [0.05, 0.1) is 34.9 Å². The van der Waals surface area contributed by atoms with Gasteiger partial charge in [-0.25, -0.2) is 4.79 Å². The zero-order chi connectivity index (χ0) is 23.8. The maximum atomic E-state index is 13.7. The Bertz CT molecular complexity index is 1340. The largest absolute Gasteiger partial charge is 0.416 e. The third-order valence-corrected chi connectivity index (χ3v) is 5.57. The summed E-state index contributed by atoms with van der Waals surface area (Å²) < 4.78 is 48.5. The second-order valence-corrected chi connectivity index (χ2v) is 8.09. The lowest BCUT2D eigenvalue weighted by Gasteiger charge is -2.13. The maximum Gasteiger partial charge on any atom is 0.416 e. The van der Waals surface area contributed by atoms with Crippen LogP contribution in [0.2, 0.25) is 10.0 Å². The Morgan fingerprint density at radius 3 is 1.91 bits per heavy atom. The lowest BCUT2D eigenvalue weighted by atomic mass is 10.1. The molecule has 0 unspecified atom stereocenters. The molecule has 0 bridgehead atoms. The number of aromatic nitrogens is 2. The summed E-state index contributed by atoms with van der Waals surface area (Å²) >= 11 is 12.0. The Hall–Kier alpha value is -3.00. The lowest BCUT2D eigenvalue weighted by Crippen LogP contribution is -2.23. The first-order valence-corrected chi connectivity index (χ1v) is 10.5. The quantitative estimate of drug-likeness (QED) is 0.308. The number of rotatable bonds is 5. The van der Waals surface area contributed by atoms with E-state index in [1.165, 1.54) is 28.4 Å². The van der Waals surface area contributed by atoms with Crippen molar-refractivity contribution in [2.75, 3.05) is 7.11 Å². The molecule has 0 aliphatic carbocycles. The number of imidazole rings is 1. The van der Waals surface area contributed by atoms with Crippen molar-refractivity contribution in [2.45, 2.75) is 12.8 Å². The third kappa shape index (κ3) is 4.57. The first-order valence-electron chi connectivity index (χ1n) is 9.76. The Morgan fingerprint density at radius 2 is 1.39 bits per heavy atom. The number of hydrogen-bond donors (Lipinski definition) is 0. The van der Waals surface area contributed by atoms with Crippen molar-refractivity contribution in [3.05, 3.63) is 105 Å². The summed E-state index contributed by atoms with van der Waals surface area (Å²) in [6.07, 6.45) is -4.54. The van der Waals surface area contributed by atoms with Crippen molar-refractivity contribution >= 4 is 23.2 Å². The second kappa shape index (κ2) is 9.09. The van der Waals surface area contributed by atoms with E-state index in [1.807, 2.05) is 0 Å². The summed E-state index contributed by atoms with van der Waals surface area (Å²) in [6, 6.07) is 17.9. The molecular formula is C24H17Cl2F3N2O2. The predicted molar refractivity (Wildman–Crippen MR) is 123 cm³/mol. The van der Waals surface area contributed by atoms with E-state index in [1.54, 1.807) is 48.5 Å². The average molecular weight is 493 g/mol. The van der Waals surface area contributed by atoms with E-state index < -0.39 is 17.4 Å². The lowest BCUT2D eigenvalue weighted by molar-refractivity contribution is -0.137. The number of alkyl halides is 3. The molecule has 0 N–H and O–H groups in total. The van der Waals surface area contributed by atoms with Gasteiger partial charge in [-0.15, -0.1) is 0 Å². The van der Waals surface area contributed by atoms with E-state index in [-0.39, 0.29) is 17.9 Å². The van der Waals surface area contributed by atoms with Gasteiger partial charge in [0, 0.05) is 22.7 Å². The van der Waals surface area contributed by atoms with Crippen molar-refractivity contribution in [3.63, 3.8) is 0 Å². The van der Waals surface area contributed by atoms with Crippen molar-refractivity contribution < 1.29 is 17.9 Å². The van der Waals surface area contributed by atoms with Gasteiger partial charge in [0.15, 0.2) is 0 Å². The van der Waals surface area contributed by atoms with E-state index in [2.05, 4.69) is 0 Å². The molecule has 0 saturated carbocycles. The van der Waals surface area contributed by atoms with Crippen LogP contribution in [-0.2, 0) is 17.5 Å². The van der Waals surface area contributed by atoms with Crippen LogP contribution in [0.1, 0.15) is 11.3 Å². The van der Waals surface area contributed by atoms with E-state index in [4.69, 9.17) is 27.9 Å². The summed E-state index contributed by atoms with van der Waals surface area (Å²) in [5.41, 5.74) is 0.539. The average Bonchev–Trinajstić information content (AvgIpc) is 3.06. The van der Waals surface area contributed by atoms with Crippen LogP contribution < -0.4 is 5.69 Å². The third-order valence-electron chi connectivity index (χ3n) is 5.06. The number of ether oxygens (including phenoxy) is 1. The zero-order valence-corrected chi connectivity index (χ0v) is 18.7. The molecule has 170 valence electrons. The molecule has 9 heteroatoms. The van der Waals surface area contributed by atoms with Gasteiger partial charge in [-0.2, -0.15) is 13.2 Å². The van der Waals surface area contributed by atoms with E-state index >= 15 is 0 Å². The van der Waals surface area contributed by atoms with Gasteiger partial charge in [-0.1, -0.05) is 35.3 Å². The Labute approximate surface area is 197 Å². The molecule has 1 heterocycles. The SMILES string of the molecule is COCc1c(-c2cccc(C(F)(F)F)c2)n(-c2ccc(Cl)cc2)c(=O)n1-c1ccc(Cl)cc1. The Kier molecular flexibility index (Phi) is 6.38. The molecule has 0 aliphatic heterocycles. The van der Waals surface area contributed by atoms with Gasteiger partial charge < -0.3 is 4.74 Å². The highest BCUT2D eigenvalue weighted by Gasteiger charge is 2.32. The minimum absolute atomic E-state index is 0.0238. The van der Waals surface area contributed by atoms with Gasteiger partial charge in [-0.05, 0) is 60.7 Å². The fraction of sp³-hybridized carbons (Fsp3) is 0.125. The molecule has 0 spiro atoms. The number of methoxy groups -OCH3 is 1. The molecule has 33 heavy (non-hydrogen) atoms. The summed E-state index contributed by atoms with van der Waals surface area (Å²) in [6.45, 7) is -0.0238. The van der Waals surface area contributed by atoms with Gasteiger partial charge in [0.2, 0.25) is 0 Å². The molecule has 1 aromatic heterocycles. The number of nitrogens with zero attached hydrogens (tertiary/aromatic N) is 2. The maximum absolute atomic E-state index is 13.7. The van der Waals surface area contributed by atoms with Crippen LogP contribution in [0.15, 0.2) is 77.6 Å². The fourth-order valence-corrected chi connectivity index (χ4v) is 3.89. The van der Waals surface area contributed by atoms with Crippen molar-refractivity contribution in [1.82, 2.24) is 9.13 Å². The van der Waals surface area contributed by atoms with Crippen LogP contribution in [0.3, 0.4) is 0 Å². The van der Waals surface area contributed by atoms with Crippen LogP contribution in [0.4, 0.5) is 13.2 Å². The van der Waals surface area contributed by atoms with E-state index in [0.29, 0.717) is 27.1 Å². The van der Waals surface area contributed by atoms with E-state index in [9.17, 15) is 18.0 Å². The molecule has 0 amide bonds. The van der Waals surface area contributed by atoms with Crippen LogP contribution in [0, 0.1) is 0 Å². The smallest absolute Gasteiger partial charge is 0.378 e. The Morgan fingerprint density at radius 1 is 0.848 bits per heavy atom. The molecule has 0 saturated heterocycles. The molecule has 4 aromatic rings. The monoisotopic (exact) mass is 492 g/mol. The van der Waals surface area contributed by atoms with Crippen LogP contribution in [-0.4, -0.2) is 16.2 Å². The highest BCUT2D eigenvalue weighted by atomic mass is 35.5.